The fraction of sp³-hybridized carbons (Fsp3) is 0.190. The maximum atomic E-state index is 12.9. The topological polar surface area (TPSA) is 49.2 Å². The Hall–Kier alpha value is -3.01. The molecule has 2 aromatic carbocycles. The van der Waals surface area contributed by atoms with E-state index in [0.29, 0.717) is 5.56 Å². The molecule has 1 atom stereocenters. The molecule has 0 aliphatic heterocycles. The lowest BCUT2D eigenvalue weighted by Gasteiger charge is -2.24. The smallest absolute Gasteiger partial charge is 0.254 e. The highest BCUT2D eigenvalue weighted by Gasteiger charge is 2.21. The third-order valence-electron chi connectivity index (χ3n) is 4.79. The van der Waals surface area contributed by atoms with Crippen LogP contribution in [0.15, 0.2) is 59.0 Å². The molecule has 1 N–H and O–H groups in total. The average molecular weight is 332 g/mol. The Bertz CT molecular complexity index is 1040. The lowest BCUT2D eigenvalue weighted by molar-refractivity contribution is 0.0740. The van der Waals surface area contributed by atoms with Crippen LogP contribution >= 0.6 is 0 Å². The fourth-order valence-electron chi connectivity index (χ4n) is 3.22. The molecule has 4 heteroatoms. The molecule has 0 fully saturated rings. The molecule has 2 aromatic heterocycles. The third-order valence-corrected chi connectivity index (χ3v) is 4.79. The minimum absolute atomic E-state index is 0.00749. The first-order valence-corrected chi connectivity index (χ1v) is 8.38. The molecular weight excluding hydrogens is 312 g/mol. The molecule has 25 heavy (non-hydrogen) atoms. The Morgan fingerprint density at radius 2 is 1.88 bits per heavy atom. The molecule has 0 bridgehead atoms. The number of aromatic nitrogens is 1. The van der Waals surface area contributed by atoms with Gasteiger partial charge in [-0.15, -0.1) is 0 Å². The van der Waals surface area contributed by atoms with Gasteiger partial charge in [0.2, 0.25) is 0 Å². The molecule has 0 saturated carbocycles. The second-order valence-electron chi connectivity index (χ2n) is 6.51. The van der Waals surface area contributed by atoms with Gasteiger partial charge in [0.05, 0.1) is 6.04 Å². The maximum absolute atomic E-state index is 12.9. The molecule has 0 aliphatic carbocycles. The van der Waals surface area contributed by atoms with E-state index in [1.807, 2.05) is 63.4 Å². The summed E-state index contributed by atoms with van der Waals surface area (Å²) in [6.45, 7) is 3.94. The first-order valence-electron chi connectivity index (χ1n) is 8.38. The summed E-state index contributed by atoms with van der Waals surface area (Å²) in [5.41, 5.74) is 3.58. The number of fused-ring (bicyclic) bond motifs is 2. The number of rotatable bonds is 3. The Morgan fingerprint density at radius 1 is 1.08 bits per heavy atom. The van der Waals surface area contributed by atoms with Gasteiger partial charge in [0, 0.05) is 29.2 Å². The minimum Gasteiger partial charge on any atom is -0.461 e. The Morgan fingerprint density at radius 3 is 2.68 bits per heavy atom. The number of aryl methyl sites for hydroxylation is 1. The number of nitrogens with zero attached hydrogens (tertiary/aromatic N) is 1. The van der Waals surface area contributed by atoms with Crippen molar-refractivity contribution in [2.75, 3.05) is 7.05 Å². The second-order valence-corrected chi connectivity index (χ2v) is 6.51. The van der Waals surface area contributed by atoms with E-state index in [0.717, 1.165) is 33.3 Å². The van der Waals surface area contributed by atoms with E-state index in [9.17, 15) is 4.79 Å². The number of hydrogen-bond acceptors (Lipinski definition) is 2. The lowest BCUT2D eigenvalue weighted by Crippen LogP contribution is -2.29. The summed E-state index contributed by atoms with van der Waals surface area (Å²) in [6.07, 6.45) is 0. The van der Waals surface area contributed by atoms with E-state index >= 15 is 0 Å². The second kappa shape index (κ2) is 5.81. The number of carbonyl (C=O) groups is 1. The van der Waals surface area contributed by atoms with Crippen molar-refractivity contribution in [1.82, 2.24) is 9.88 Å². The number of amides is 1. The van der Waals surface area contributed by atoms with Crippen molar-refractivity contribution in [1.29, 1.82) is 0 Å². The van der Waals surface area contributed by atoms with E-state index in [1.54, 1.807) is 4.90 Å². The van der Waals surface area contributed by atoms with Crippen LogP contribution < -0.4 is 0 Å². The number of aromatic amines is 1. The summed E-state index contributed by atoms with van der Waals surface area (Å²) < 4.78 is 5.58. The molecule has 0 radical (unpaired) electrons. The molecular formula is C21H20N2O2. The van der Waals surface area contributed by atoms with Crippen molar-refractivity contribution in [2.45, 2.75) is 19.9 Å². The molecule has 0 spiro atoms. The van der Waals surface area contributed by atoms with Gasteiger partial charge in [0.15, 0.2) is 0 Å². The molecule has 4 aromatic rings. The number of nitrogens with one attached hydrogen (secondary N) is 1. The summed E-state index contributed by atoms with van der Waals surface area (Å²) in [5, 5.41) is 2.11. The molecule has 0 aliphatic rings. The quantitative estimate of drug-likeness (QED) is 0.570. The first-order chi connectivity index (χ1) is 12.0. The number of carbonyl (C=O) groups excluding carboxylic acids is 1. The zero-order valence-corrected chi connectivity index (χ0v) is 14.5. The van der Waals surface area contributed by atoms with Gasteiger partial charge in [-0.25, -0.2) is 0 Å². The summed E-state index contributed by atoms with van der Waals surface area (Å²) in [5.74, 6) is 0.839. The highest BCUT2D eigenvalue weighted by atomic mass is 16.3. The van der Waals surface area contributed by atoms with Crippen LogP contribution in [0.5, 0.6) is 0 Å². The highest BCUT2D eigenvalue weighted by Crippen LogP contribution is 2.26. The van der Waals surface area contributed by atoms with Crippen molar-refractivity contribution < 1.29 is 9.21 Å². The van der Waals surface area contributed by atoms with Gasteiger partial charge < -0.3 is 14.3 Å². The average Bonchev–Trinajstić information content (AvgIpc) is 3.21. The maximum Gasteiger partial charge on any atom is 0.254 e. The third kappa shape index (κ3) is 2.70. The zero-order chi connectivity index (χ0) is 17.6. The van der Waals surface area contributed by atoms with Gasteiger partial charge in [-0.2, -0.15) is 0 Å². The Labute approximate surface area is 146 Å². The van der Waals surface area contributed by atoms with Crippen LogP contribution in [-0.4, -0.2) is 22.8 Å². The highest BCUT2D eigenvalue weighted by molar-refractivity contribution is 5.98. The fourth-order valence-corrected chi connectivity index (χ4v) is 3.22. The van der Waals surface area contributed by atoms with Crippen LogP contribution in [-0.2, 0) is 0 Å². The van der Waals surface area contributed by atoms with Gasteiger partial charge in [-0.05, 0) is 55.6 Å². The SMILES string of the molecule is Cc1cc2cc(C(=O)N(C)C(C)c3cc4ccccc4[nH]3)ccc2o1. The van der Waals surface area contributed by atoms with E-state index < -0.39 is 0 Å². The van der Waals surface area contributed by atoms with Crippen molar-refractivity contribution in [3.05, 3.63) is 71.6 Å². The summed E-state index contributed by atoms with van der Waals surface area (Å²) in [7, 11) is 1.84. The van der Waals surface area contributed by atoms with Crippen LogP contribution in [0.3, 0.4) is 0 Å². The largest absolute Gasteiger partial charge is 0.461 e. The number of hydrogen-bond donors (Lipinski definition) is 1. The van der Waals surface area contributed by atoms with Gasteiger partial charge in [0.1, 0.15) is 11.3 Å². The van der Waals surface area contributed by atoms with E-state index in [4.69, 9.17) is 4.42 Å². The first kappa shape index (κ1) is 15.5. The molecule has 1 unspecified atom stereocenters. The Kier molecular flexibility index (Phi) is 3.61. The van der Waals surface area contributed by atoms with Crippen molar-refractivity contribution in [3.8, 4) is 0 Å². The number of para-hydroxylation sites is 1. The minimum atomic E-state index is -0.0540. The van der Waals surface area contributed by atoms with E-state index in [1.165, 1.54) is 0 Å². The standard InChI is InChI=1S/C21H20N2O2/c1-13-10-17-11-16(8-9-20(17)25-13)21(24)23(3)14(2)19-12-15-6-4-5-7-18(15)22-19/h4-12,14,22H,1-3H3. The van der Waals surface area contributed by atoms with E-state index in [2.05, 4.69) is 17.1 Å². The lowest BCUT2D eigenvalue weighted by atomic mass is 10.1. The Balaban J connectivity index is 1.63. The molecule has 126 valence electrons. The van der Waals surface area contributed by atoms with Gasteiger partial charge in [-0.3, -0.25) is 4.79 Å². The molecule has 2 heterocycles. The normalized spacial score (nSPS) is 12.6. The van der Waals surface area contributed by atoms with Crippen LogP contribution in [0.2, 0.25) is 0 Å². The predicted molar refractivity (Wildman–Crippen MR) is 99.8 cm³/mol. The molecule has 0 saturated heterocycles. The van der Waals surface area contributed by atoms with Crippen LogP contribution in [0.25, 0.3) is 21.9 Å². The van der Waals surface area contributed by atoms with Crippen molar-refractivity contribution >= 4 is 27.8 Å². The number of H-pyrrole nitrogens is 1. The summed E-state index contributed by atoms with van der Waals surface area (Å²) in [6, 6.07) is 17.7. The summed E-state index contributed by atoms with van der Waals surface area (Å²) in [4.78, 5) is 18.1. The number of furan rings is 1. The molecule has 4 nitrogen and oxygen atoms in total. The van der Waals surface area contributed by atoms with Crippen LogP contribution in [0.1, 0.15) is 34.8 Å². The van der Waals surface area contributed by atoms with E-state index in [-0.39, 0.29) is 11.9 Å². The van der Waals surface area contributed by atoms with Gasteiger partial charge >= 0.3 is 0 Å². The number of benzene rings is 2. The molecule has 4 rings (SSSR count). The van der Waals surface area contributed by atoms with Crippen LogP contribution in [0.4, 0.5) is 0 Å². The van der Waals surface area contributed by atoms with Crippen molar-refractivity contribution in [3.63, 3.8) is 0 Å². The van der Waals surface area contributed by atoms with Gasteiger partial charge in [-0.1, -0.05) is 18.2 Å². The van der Waals surface area contributed by atoms with Crippen LogP contribution in [0, 0.1) is 6.92 Å². The molecule has 1 amide bonds. The predicted octanol–water partition coefficient (Wildman–Crippen LogP) is 5.06. The zero-order valence-electron chi connectivity index (χ0n) is 14.5. The van der Waals surface area contributed by atoms with Crippen molar-refractivity contribution in [2.24, 2.45) is 0 Å². The summed E-state index contributed by atoms with van der Waals surface area (Å²) >= 11 is 0. The van der Waals surface area contributed by atoms with Gasteiger partial charge in [0.25, 0.3) is 5.91 Å². The monoisotopic (exact) mass is 332 g/mol.